The molecule has 0 atom stereocenters. The van der Waals surface area contributed by atoms with E-state index in [9.17, 15) is 0 Å². The van der Waals surface area contributed by atoms with Crippen molar-refractivity contribution in [1.82, 2.24) is 9.97 Å². The maximum absolute atomic E-state index is 5.99. The van der Waals surface area contributed by atoms with Gasteiger partial charge in [-0.05, 0) is 47.2 Å². The highest BCUT2D eigenvalue weighted by Crippen LogP contribution is 2.19. The highest BCUT2D eigenvalue weighted by Gasteiger charge is 2.03. The fourth-order valence-electron chi connectivity index (χ4n) is 1.58. The molecule has 0 aliphatic heterocycles. The average Bonchev–Trinajstić information content (AvgIpc) is 2.28. The molecule has 5 heteroatoms. The van der Waals surface area contributed by atoms with Gasteiger partial charge in [-0.15, -0.1) is 0 Å². The molecular formula is C13H13ClIN3. The summed E-state index contributed by atoms with van der Waals surface area (Å²) in [6.07, 6.45) is 1.84. The third-order valence-corrected chi connectivity index (χ3v) is 3.18. The van der Waals surface area contributed by atoms with Crippen molar-refractivity contribution in [1.29, 1.82) is 0 Å². The summed E-state index contributed by atoms with van der Waals surface area (Å²) in [6, 6.07) is 9.83. The van der Waals surface area contributed by atoms with Gasteiger partial charge in [0.15, 0.2) is 0 Å². The summed E-state index contributed by atoms with van der Waals surface area (Å²) >= 11 is 8.27. The molecule has 3 nitrogen and oxygen atoms in total. The number of nitrogens with one attached hydrogen (secondary N) is 1. The summed E-state index contributed by atoms with van der Waals surface area (Å²) in [5.41, 5.74) is 0.999. The largest absolute Gasteiger partial charge is 0.340 e. The number of aromatic nitrogens is 2. The Balaban J connectivity index is 2.23. The normalized spacial score (nSPS) is 10.4. The standard InChI is InChI=1S/C13H13ClIN3/c1-2-4-12-17-11(14)8-13(18-12)16-10-6-3-5-9(15)7-10/h3,5-8H,2,4H2,1H3,(H,16,17,18). The van der Waals surface area contributed by atoms with Crippen LogP contribution in [0.5, 0.6) is 0 Å². The SMILES string of the molecule is CCCc1nc(Cl)cc(Nc2cccc(I)c2)n1. The summed E-state index contributed by atoms with van der Waals surface area (Å²) in [5, 5.41) is 3.72. The Morgan fingerprint density at radius 3 is 2.83 bits per heavy atom. The van der Waals surface area contributed by atoms with Crippen LogP contribution in [-0.2, 0) is 6.42 Å². The second-order valence-corrected chi connectivity index (χ2v) is 5.51. The van der Waals surface area contributed by atoms with E-state index in [0.29, 0.717) is 5.15 Å². The summed E-state index contributed by atoms with van der Waals surface area (Å²) < 4.78 is 1.17. The fraction of sp³-hybridized carbons (Fsp3) is 0.231. The zero-order chi connectivity index (χ0) is 13.0. The van der Waals surface area contributed by atoms with E-state index in [2.05, 4.69) is 50.9 Å². The quantitative estimate of drug-likeness (QED) is 0.636. The second kappa shape index (κ2) is 6.33. The Kier molecular flexibility index (Phi) is 4.77. The Labute approximate surface area is 125 Å². The molecule has 0 aliphatic rings. The molecule has 1 N–H and O–H groups in total. The number of rotatable bonds is 4. The maximum atomic E-state index is 5.99. The smallest absolute Gasteiger partial charge is 0.135 e. The molecule has 0 radical (unpaired) electrons. The van der Waals surface area contributed by atoms with E-state index in [0.717, 1.165) is 30.2 Å². The van der Waals surface area contributed by atoms with E-state index in [1.54, 1.807) is 6.07 Å². The van der Waals surface area contributed by atoms with Crippen LogP contribution >= 0.6 is 34.2 Å². The van der Waals surface area contributed by atoms with Crippen LogP contribution in [0.2, 0.25) is 5.15 Å². The van der Waals surface area contributed by atoms with Crippen molar-refractivity contribution in [2.24, 2.45) is 0 Å². The van der Waals surface area contributed by atoms with Crippen LogP contribution in [0.1, 0.15) is 19.2 Å². The number of halogens is 2. The molecule has 0 amide bonds. The van der Waals surface area contributed by atoms with Gasteiger partial charge in [0.05, 0.1) is 0 Å². The first kappa shape index (κ1) is 13.5. The summed E-state index contributed by atoms with van der Waals surface area (Å²) in [7, 11) is 0. The van der Waals surface area contributed by atoms with Crippen LogP contribution in [-0.4, -0.2) is 9.97 Å². The number of hydrogen-bond donors (Lipinski definition) is 1. The molecule has 2 rings (SSSR count). The van der Waals surface area contributed by atoms with Crippen molar-refractivity contribution in [3.8, 4) is 0 Å². The Bertz CT molecular complexity index is 546. The number of anilines is 2. The maximum Gasteiger partial charge on any atom is 0.135 e. The van der Waals surface area contributed by atoms with Crippen molar-refractivity contribution in [3.63, 3.8) is 0 Å². The first-order valence-corrected chi connectivity index (χ1v) is 7.19. The zero-order valence-corrected chi connectivity index (χ0v) is 12.9. The van der Waals surface area contributed by atoms with E-state index in [4.69, 9.17) is 11.6 Å². The fourth-order valence-corrected chi connectivity index (χ4v) is 2.32. The van der Waals surface area contributed by atoms with Crippen molar-refractivity contribution < 1.29 is 0 Å². The van der Waals surface area contributed by atoms with Gasteiger partial charge in [-0.1, -0.05) is 24.6 Å². The highest BCUT2D eigenvalue weighted by molar-refractivity contribution is 14.1. The van der Waals surface area contributed by atoms with Gasteiger partial charge >= 0.3 is 0 Å². The van der Waals surface area contributed by atoms with Gasteiger partial charge in [-0.3, -0.25) is 0 Å². The molecule has 0 fully saturated rings. The molecule has 1 aromatic carbocycles. The zero-order valence-electron chi connectivity index (χ0n) is 9.95. The van der Waals surface area contributed by atoms with Crippen molar-refractivity contribution >= 4 is 45.7 Å². The molecule has 2 aromatic rings. The number of benzene rings is 1. The van der Waals surface area contributed by atoms with Crippen LogP contribution in [0.15, 0.2) is 30.3 Å². The predicted molar refractivity (Wildman–Crippen MR) is 83.5 cm³/mol. The van der Waals surface area contributed by atoms with Gasteiger partial charge in [0.1, 0.15) is 16.8 Å². The van der Waals surface area contributed by atoms with Gasteiger partial charge in [-0.25, -0.2) is 9.97 Å². The Hall–Kier alpha value is -0.880. The first-order chi connectivity index (χ1) is 8.67. The third kappa shape index (κ3) is 3.81. The minimum Gasteiger partial charge on any atom is -0.340 e. The number of hydrogen-bond acceptors (Lipinski definition) is 3. The monoisotopic (exact) mass is 373 g/mol. The van der Waals surface area contributed by atoms with Crippen LogP contribution < -0.4 is 5.32 Å². The van der Waals surface area contributed by atoms with Crippen LogP contribution in [0.4, 0.5) is 11.5 Å². The lowest BCUT2D eigenvalue weighted by Crippen LogP contribution is -2.00. The molecule has 0 unspecified atom stereocenters. The molecule has 0 aliphatic carbocycles. The summed E-state index contributed by atoms with van der Waals surface area (Å²) in [5.74, 6) is 1.51. The summed E-state index contributed by atoms with van der Waals surface area (Å²) in [4.78, 5) is 8.63. The minimum atomic E-state index is 0.474. The van der Waals surface area contributed by atoms with Gasteiger partial charge < -0.3 is 5.32 Å². The van der Waals surface area contributed by atoms with E-state index in [1.807, 2.05) is 18.2 Å². The molecule has 0 bridgehead atoms. The first-order valence-electron chi connectivity index (χ1n) is 5.73. The van der Waals surface area contributed by atoms with Crippen LogP contribution in [0.3, 0.4) is 0 Å². The lowest BCUT2D eigenvalue weighted by molar-refractivity contribution is 0.837. The second-order valence-electron chi connectivity index (χ2n) is 3.88. The van der Waals surface area contributed by atoms with Gasteiger partial charge in [0.25, 0.3) is 0 Å². The third-order valence-electron chi connectivity index (χ3n) is 2.31. The van der Waals surface area contributed by atoms with Crippen molar-refractivity contribution in [3.05, 3.63) is 44.9 Å². The lowest BCUT2D eigenvalue weighted by Gasteiger charge is -2.08. The highest BCUT2D eigenvalue weighted by atomic mass is 127. The Morgan fingerprint density at radius 1 is 1.28 bits per heavy atom. The lowest BCUT2D eigenvalue weighted by atomic mass is 10.3. The molecule has 0 saturated heterocycles. The van der Waals surface area contributed by atoms with Gasteiger partial charge in [-0.2, -0.15) is 0 Å². The van der Waals surface area contributed by atoms with Crippen LogP contribution in [0.25, 0.3) is 0 Å². The van der Waals surface area contributed by atoms with Crippen molar-refractivity contribution in [2.75, 3.05) is 5.32 Å². The molecule has 0 spiro atoms. The summed E-state index contributed by atoms with van der Waals surface area (Å²) in [6.45, 7) is 2.09. The molecule has 94 valence electrons. The number of nitrogens with zero attached hydrogens (tertiary/aromatic N) is 2. The van der Waals surface area contributed by atoms with Crippen molar-refractivity contribution in [2.45, 2.75) is 19.8 Å². The average molecular weight is 374 g/mol. The van der Waals surface area contributed by atoms with E-state index >= 15 is 0 Å². The molecule has 1 heterocycles. The van der Waals surface area contributed by atoms with Gasteiger partial charge in [0, 0.05) is 21.7 Å². The Morgan fingerprint density at radius 2 is 2.11 bits per heavy atom. The molecule has 18 heavy (non-hydrogen) atoms. The minimum absolute atomic E-state index is 0.474. The number of aryl methyl sites for hydroxylation is 1. The molecule has 1 aromatic heterocycles. The molecule has 0 saturated carbocycles. The predicted octanol–water partition coefficient (Wildman–Crippen LogP) is 4.43. The topological polar surface area (TPSA) is 37.8 Å². The van der Waals surface area contributed by atoms with E-state index in [1.165, 1.54) is 3.57 Å². The van der Waals surface area contributed by atoms with E-state index in [-0.39, 0.29) is 0 Å². The molecular weight excluding hydrogens is 361 g/mol. The van der Waals surface area contributed by atoms with Gasteiger partial charge in [0.2, 0.25) is 0 Å². The van der Waals surface area contributed by atoms with Crippen LogP contribution in [0, 0.1) is 3.57 Å². The van der Waals surface area contributed by atoms with E-state index < -0.39 is 0 Å².